The second kappa shape index (κ2) is 5.80. The van der Waals surface area contributed by atoms with Crippen molar-refractivity contribution in [3.63, 3.8) is 0 Å². The molecule has 0 aliphatic rings. The van der Waals surface area contributed by atoms with Crippen LogP contribution < -0.4 is 0 Å². The van der Waals surface area contributed by atoms with Gasteiger partial charge in [-0.3, -0.25) is 0 Å². The van der Waals surface area contributed by atoms with Crippen LogP contribution in [0.15, 0.2) is 72.8 Å². The average Bonchev–Trinajstić information content (AvgIpc) is 2.47. The summed E-state index contributed by atoms with van der Waals surface area (Å²) in [5.74, 6) is 0. The van der Waals surface area contributed by atoms with E-state index in [1.807, 2.05) is 19.1 Å². The number of benzene rings is 2. The van der Waals surface area contributed by atoms with E-state index in [1.165, 1.54) is 11.1 Å². The van der Waals surface area contributed by atoms with E-state index in [9.17, 15) is 0 Å². The third kappa shape index (κ3) is 2.30. The van der Waals surface area contributed by atoms with Crippen LogP contribution in [0.1, 0.15) is 18.1 Å². The first-order valence-corrected chi connectivity index (χ1v) is 6.95. The lowest BCUT2D eigenvalue weighted by Gasteiger charge is -2.31. The lowest BCUT2D eigenvalue weighted by Crippen LogP contribution is -2.28. The summed E-state index contributed by atoms with van der Waals surface area (Å²) < 4.78 is 6.00. The molecule has 0 fully saturated rings. The topological polar surface area (TPSA) is 9.23 Å². The van der Waals surface area contributed by atoms with Gasteiger partial charge in [-0.15, -0.1) is 0 Å². The highest BCUT2D eigenvalue weighted by Gasteiger charge is 2.30. The fraction of sp³-hybridized carbons (Fsp3) is 0.125. The Hall–Kier alpha value is -1.64. The van der Waals surface area contributed by atoms with Crippen molar-refractivity contribution in [3.8, 4) is 0 Å². The van der Waals surface area contributed by atoms with Crippen LogP contribution in [0, 0.1) is 0 Å². The maximum atomic E-state index is 6.00. The Bertz CT molecular complexity index is 466. The number of allylic oxidation sites excluding steroid dienone is 1. The summed E-state index contributed by atoms with van der Waals surface area (Å²) in [6.45, 7) is 2.03. The predicted molar refractivity (Wildman–Crippen MR) is 79.5 cm³/mol. The van der Waals surface area contributed by atoms with Crippen molar-refractivity contribution in [1.82, 2.24) is 0 Å². The molecule has 0 aliphatic heterocycles. The molecule has 0 saturated heterocycles. The quantitative estimate of drug-likeness (QED) is 0.602. The zero-order valence-electron chi connectivity index (χ0n) is 10.8. The zero-order chi connectivity index (χ0) is 12.8. The Morgan fingerprint density at radius 3 is 1.67 bits per heavy atom. The summed E-state index contributed by atoms with van der Waals surface area (Å²) in [6, 6.07) is 20.7. The first-order chi connectivity index (χ1) is 8.83. The van der Waals surface area contributed by atoms with Crippen LogP contribution in [0.5, 0.6) is 0 Å². The Morgan fingerprint density at radius 1 is 0.889 bits per heavy atom. The fourth-order valence-corrected chi connectivity index (χ4v) is 2.88. The third-order valence-corrected chi connectivity index (χ3v) is 3.77. The van der Waals surface area contributed by atoms with Crippen LogP contribution in [0.3, 0.4) is 0 Å². The molecule has 2 aromatic carbocycles. The summed E-state index contributed by atoms with van der Waals surface area (Å²) in [4.78, 5) is 0. The van der Waals surface area contributed by atoms with Crippen molar-refractivity contribution in [1.29, 1.82) is 0 Å². The van der Waals surface area contributed by atoms with Gasteiger partial charge in [0.05, 0.1) is 0 Å². The smallest absolute Gasteiger partial charge is 0.148 e. The highest BCUT2D eigenvalue weighted by atomic mass is 28.2. The Labute approximate surface area is 112 Å². The van der Waals surface area contributed by atoms with Crippen LogP contribution in [-0.4, -0.2) is 10.5 Å². The summed E-state index contributed by atoms with van der Waals surface area (Å²) in [5.41, 5.74) is 1.90. The molecule has 0 N–H and O–H groups in total. The molecule has 2 aromatic rings. The lowest BCUT2D eigenvalue weighted by molar-refractivity contribution is 0.183. The summed E-state index contributed by atoms with van der Waals surface area (Å²) >= 11 is 0. The maximum Gasteiger partial charge on any atom is 0.148 e. The van der Waals surface area contributed by atoms with Gasteiger partial charge in [-0.05, 0) is 24.1 Å². The van der Waals surface area contributed by atoms with Crippen LogP contribution in [0.4, 0.5) is 0 Å². The first kappa shape index (κ1) is 12.8. The van der Waals surface area contributed by atoms with Crippen molar-refractivity contribution in [2.45, 2.75) is 12.5 Å². The standard InChI is InChI=1S/C16H18OSi/c1-2-13-16(17-18,14-9-5-3-6-10-14)15-11-7-4-8-12-15/h2-13H,1,18H3. The van der Waals surface area contributed by atoms with Crippen LogP contribution >= 0.6 is 0 Å². The van der Waals surface area contributed by atoms with Crippen molar-refractivity contribution in [2.24, 2.45) is 0 Å². The molecular formula is C16H18OSi. The molecule has 0 amide bonds. The monoisotopic (exact) mass is 254 g/mol. The van der Waals surface area contributed by atoms with E-state index in [-0.39, 0.29) is 0 Å². The van der Waals surface area contributed by atoms with E-state index >= 15 is 0 Å². The van der Waals surface area contributed by atoms with Gasteiger partial charge in [0, 0.05) is 0 Å². The molecule has 0 radical (unpaired) electrons. The lowest BCUT2D eigenvalue weighted by atomic mass is 9.86. The molecule has 0 bridgehead atoms. The number of hydrogen-bond donors (Lipinski definition) is 0. The second-order valence-electron chi connectivity index (χ2n) is 4.17. The maximum absolute atomic E-state index is 6.00. The van der Waals surface area contributed by atoms with E-state index in [0.717, 1.165) is 0 Å². The highest BCUT2D eigenvalue weighted by molar-refractivity contribution is 5.98. The van der Waals surface area contributed by atoms with E-state index in [2.05, 4.69) is 60.7 Å². The minimum atomic E-state index is -0.441. The fourth-order valence-electron chi connectivity index (χ4n) is 2.27. The average molecular weight is 254 g/mol. The largest absolute Gasteiger partial charge is 0.411 e. The minimum Gasteiger partial charge on any atom is -0.411 e. The van der Waals surface area contributed by atoms with E-state index in [1.54, 1.807) is 0 Å². The molecule has 18 heavy (non-hydrogen) atoms. The van der Waals surface area contributed by atoms with Gasteiger partial charge in [0.1, 0.15) is 16.1 Å². The first-order valence-electron chi connectivity index (χ1n) is 6.13. The van der Waals surface area contributed by atoms with Gasteiger partial charge < -0.3 is 4.43 Å². The van der Waals surface area contributed by atoms with E-state index < -0.39 is 5.60 Å². The van der Waals surface area contributed by atoms with Gasteiger partial charge in [-0.1, -0.05) is 66.7 Å². The molecule has 2 heteroatoms. The molecule has 0 saturated carbocycles. The molecule has 92 valence electrons. The predicted octanol–water partition coefficient (Wildman–Crippen LogP) is 2.80. The molecule has 0 aromatic heterocycles. The van der Waals surface area contributed by atoms with Crippen LogP contribution in [0.25, 0.3) is 0 Å². The van der Waals surface area contributed by atoms with Crippen molar-refractivity contribution < 1.29 is 4.43 Å². The molecule has 0 heterocycles. The molecule has 1 nitrogen and oxygen atoms in total. The molecule has 2 rings (SSSR count). The summed E-state index contributed by atoms with van der Waals surface area (Å²) in [5, 5.41) is 0. The van der Waals surface area contributed by atoms with Crippen LogP contribution in [-0.2, 0) is 10.0 Å². The normalized spacial score (nSPS) is 12.1. The molecule has 0 atom stereocenters. The molecule has 0 spiro atoms. The third-order valence-electron chi connectivity index (χ3n) is 3.13. The van der Waals surface area contributed by atoms with Gasteiger partial charge in [0.15, 0.2) is 0 Å². The Kier molecular flexibility index (Phi) is 4.13. The van der Waals surface area contributed by atoms with Gasteiger partial charge in [0.2, 0.25) is 0 Å². The van der Waals surface area contributed by atoms with Crippen molar-refractivity contribution >= 4 is 10.5 Å². The van der Waals surface area contributed by atoms with E-state index in [4.69, 9.17) is 4.43 Å². The summed E-state index contributed by atoms with van der Waals surface area (Å²) in [6.07, 6.45) is 4.18. The van der Waals surface area contributed by atoms with Gasteiger partial charge in [-0.25, -0.2) is 0 Å². The minimum absolute atomic E-state index is 0.441. The van der Waals surface area contributed by atoms with Crippen molar-refractivity contribution in [2.75, 3.05) is 0 Å². The van der Waals surface area contributed by atoms with Crippen molar-refractivity contribution in [3.05, 3.63) is 83.9 Å². The van der Waals surface area contributed by atoms with E-state index in [0.29, 0.717) is 10.5 Å². The van der Waals surface area contributed by atoms with Gasteiger partial charge in [-0.2, -0.15) is 0 Å². The van der Waals surface area contributed by atoms with Gasteiger partial charge >= 0.3 is 0 Å². The summed E-state index contributed by atoms with van der Waals surface area (Å²) in [7, 11) is 0.679. The number of hydrogen-bond acceptors (Lipinski definition) is 1. The molecular weight excluding hydrogens is 236 g/mol. The molecule has 0 aliphatic carbocycles. The zero-order valence-corrected chi connectivity index (χ0v) is 12.8. The van der Waals surface area contributed by atoms with Gasteiger partial charge in [0.25, 0.3) is 0 Å². The molecule has 0 unspecified atom stereocenters. The Balaban J connectivity index is 2.61. The van der Waals surface area contributed by atoms with Crippen LogP contribution in [0.2, 0.25) is 0 Å². The highest BCUT2D eigenvalue weighted by Crippen LogP contribution is 2.34. The second-order valence-corrected chi connectivity index (χ2v) is 4.58. The number of rotatable bonds is 4. The SMILES string of the molecule is CC=CC(O[SiH3])(c1ccccc1)c1ccccc1. The Morgan fingerprint density at radius 2 is 1.33 bits per heavy atom.